The molecule has 0 radical (unpaired) electrons. The number of nitrogens with zero attached hydrogens (tertiary/aromatic N) is 2. The van der Waals surface area contributed by atoms with Gasteiger partial charge in [-0.1, -0.05) is 6.07 Å². The number of hydrogen-bond donors (Lipinski definition) is 0. The number of piperazine rings is 1. The van der Waals surface area contributed by atoms with E-state index in [9.17, 15) is 9.18 Å². The van der Waals surface area contributed by atoms with Crippen molar-refractivity contribution in [1.29, 1.82) is 0 Å². The van der Waals surface area contributed by atoms with Crippen LogP contribution < -0.4 is 0 Å². The van der Waals surface area contributed by atoms with Gasteiger partial charge in [-0.05, 0) is 49.0 Å². The van der Waals surface area contributed by atoms with Crippen LogP contribution in [0.25, 0.3) is 0 Å². The standard InChI is InChI=1S/C14H18BrFN2O/c1-9-7-18(8-10(2)17(9)3)14(19)11-5-4-6-12(15)13(11)16/h4-6,9-10H,7-8H2,1-3H3. The first-order valence-corrected chi connectivity index (χ1v) is 7.16. The van der Waals surface area contributed by atoms with Gasteiger partial charge >= 0.3 is 0 Å². The average Bonchev–Trinajstić information content (AvgIpc) is 2.38. The van der Waals surface area contributed by atoms with Crippen molar-refractivity contribution in [2.45, 2.75) is 25.9 Å². The minimum atomic E-state index is -0.480. The summed E-state index contributed by atoms with van der Waals surface area (Å²) in [4.78, 5) is 16.4. The highest BCUT2D eigenvalue weighted by atomic mass is 79.9. The molecule has 0 aromatic heterocycles. The van der Waals surface area contributed by atoms with Crippen LogP contribution >= 0.6 is 15.9 Å². The zero-order valence-corrected chi connectivity index (χ0v) is 12.9. The van der Waals surface area contributed by atoms with Crippen LogP contribution in [-0.2, 0) is 0 Å². The Hall–Kier alpha value is -0.940. The third-order valence-electron chi connectivity index (χ3n) is 3.83. The smallest absolute Gasteiger partial charge is 0.256 e. The summed E-state index contributed by atoms with van der Waals surface area (Å²) < 4.78 is 14.3. The molecule has 0 spiro atoms. The van der Waals surface area contributed by atoms with Gasteiger partial charge in [-0.15, -0.1) is 0 Å². The summed E-state index contributed by atoms with van der Waals surface area (Å²) in [6.45, 7) is 5.41. The molecule has 0 bridgehead atoms. The van der Waals surface area contributed by atoms with Crippen LogP contribution in [0.1, 0.15) is 24.2 Å². The Morgan fingerprint density at radius 3 is 2.47 bits per heavy atom. The first-order chi connectivity index (χ1) is 8.91. The van der Waals surface area contributed by atoms with E-state index in [2.05, 4.69) is 41.7 Å². The fourth-order valence-electron chi connectivity index (χ4n) is 2.41. The molecule has 3 nitrogen and oxygen atoms in total. The average molecular weight is 329 g/mol. The molecule has 2 rings (SSSR count). The molecule has 1 heterocycles. The molecule has 1 amide bonds. The van der Waals surface area contributed by atoms with Gasteiger partial charge in [0.2, 0.25) is 0 Å². The van der Waals surface area contributed by atoms with Crippen LogP contribution in [0.3, 0.4) is 0 Å². The Morgan fingerprint density at radius 2 is 1.89 bits per heavy atom. The molecule has 19 heavy (non-hydrogen) atoms. The van der Waals surface area contributed by atoms with Crippen LogP contribution in [0.5, 0.6) is 0 Å². The Bertz CT molecular complexity index is 482. The van der Waals surface area contributed by atoms with E-state index in [-0.39, 0.29) is 23.6 Å². The first-order valence-electron chi connectivity index (χ1n) is 6.37. The van der Waals surface area contributed by atoms with Crippen LogP contribution in [0.4, 0.5) is 4.39 Å². The van der Waals surface area contributed by atoms with Crippen molar-refractivity contribution in [1.82, 2.24) is 9.80 Å². The second kappa shape index (κ2) is 5.59. The molecule has 0 N–H and O–H groups in total. The summed E-state index contributed by atoms with van der Waals surface area (Å²) in [6, 6.07) is 5.38. The fraction of sp³-hybridized carbons (Fsp3) is 0.500. The number of rotatable bonds is 1. The molecule has 1 aromatic carbocycles. The van der Waals surface area contributed by atoms with Gasteiger partial charge in [-0.25, -0.2) is 4.39 Å². The van der Waals surface area contributed by atoms with Crippen molar-refractivity contribution < 1.29 is 9.18 Å². The monoisotopic (exact) mass is 328 g/mol. The van der Waals surface area contributed by atoms with Crippen molar-refractivity contribution in [3.8, 4) is 0 Å². The third kappa shape index (κ3) is 2.82. The second-order valence-electron chi connectivity index (χ2n) is 5.18. The van der Waals surface area contributed by atoms with Gasteiger partial charge < -0.3 is 4.90 Å². The number of hydrogen-bond acceptors (Lipinski definition) is 2. The Kier molecular flexibility index (Phi) is 4.26. The van der Waals surface area contributed by atoms with E-state index < -0.39 is 5.82 Å². The quantitative estimate of drug-likeness (QED) is 0.791. The SMILES string of the molecule is CC1CN(C(=O)c2cccc(Br)c2F)CC(C)N1C. The van der Waals surface area contributed by atoms with Crippen molar-refractivity contribution in [2.24, 2.45) is 0 Å². The molecule has 1 fully saturated rings. The van der Waals surface area contributed by atoms with E-state index >= 15 is 0 Å². The van der Waals surface area contributed by atoms with Crippen molar-refractivity contribution in [3.05, 3.63) is 34.1 Å². The van der Waals surface area contributed by atoms with Gasteiger partial charge in [0.05, 0.1) is 10.0 Å². The molecule has 0 aliphatic carbocycles. The van der Waals surface area contributed by atoms with E-state index in [1.165, 1.54) is 6.07 Å². The minimum absolute atomic E-state index is 0.137. The summed E-state index contributed by atoms with van der Waals surface area (Å²) >= 11 is 3.12. The highest BCUT2D eigenvalue weighted by molar-refractivity contribution is 9.10. The van der Waals surface area contributed by atoms with Gasteiger partial charge in [-0.3, -0.25) is 9.69 Å². The summed E-state index contributed by atoms with van der Waals surface area (Å²) in [7, 11) is 2.05. The number of likely N-dealkylation sites (N-methyl/N-ethyl adjacent to an activating group) is 1. The van der Waals surface area contributed by atoms with E-state index in [4.69, 9.17) is 0 Å². The molecule has 1 saturated heterocycles. The molecule has 1 aromatic rings. The number of halogens is 2. The number of benzene rings is 1. The van der Waals surface area contributed by atoms with Crippen LogP contribution in [0.2, 0.25) is 0 Å². The lowest BCUT2D eigenvalue weighted by Gasteiger charge is -2.42. The number of amides is 1. The lowest BCUT2D eigenvalue weighted by molar-refractivity contribution is 0.0410. The van der Waals surface area contributed by atoms with Crippen LogP contribution in [0, 0.1) is 5.82 Å². The summed E-state index contributed by atoms with van der Waals surface area (Å²) in [5.41, 5.74) is 0.137. The predicted octanol–water partition coefficient (Wildman–Crippen LogP) is 2.75. The van der Waals surface area contributed by atoms with E-state index in [0.29, 0.717) is 17.6 Å². The maximum absolute atomic E-state index is 14.0. The van der Waals surface area contributed by atoms with E-state index in [0.717, 1.165) is 0 Å². The molecule has 1 aliphatic heterocycles. The topological polar surface area (TPSA) is 23.6 Å². The Balaban J connectivity index is 2.23. The molecular formula is C14H18BrFN2O. The number of carbonyl (C=O) groups excluding carboxylic acids is 1. The molecule has 2 atom stereocenters. The summed E-state index contributed by atoms with van der Waals surface area (Å²) in [6.07, 6.45) is 0. The molecule has 2 unspecified atom stereocenters. The highest BCUT2D eigenvalue weighted by Crippen LogP contribution is 2.22. The van der Waals surface area contributed by atoms with Crippen LogP contribution in [0.15, 0.2) is 22.7 Å². The molecule has 5 heteroatoms. The largest absolute Gasteiger partial charge is 0.335 e. The summed E-state index contributed by atoms with van der Waals surface area (Å²) in [5, 5.41) is 0. The maximum atomic E-state index is 14.0. The Labute approximate surface area is 121 Å². The zero-order valence-electron chi connectivity index (χ0n) is 11.4. The third-order valence-corrected chi connectivity index (χ3v) is 4.44. The van der Waals surface area contributed by atoms with E-state index in [1.54, 1.807) is 17.0 Å². The lowest BCUT2D eigenvalue weighted by Crippen LogP contribution is -2.56. The van der Waals surface area contributed by atoms with Gasteiger partial charge in [0.1, 0.15) is 5.82 Å². The highest BCUT2D eigenvalue weighted by Gasteiger charge is 2.30. The minimum Gasteiger partial charge on any atom is -0.335 e. The van der Waals surface area contributed by atoms with Gasteiger partial charge in [0.15, 0.2) is 0 Å². The zero-order chi connectivity index (χ0) is 14.2. The maximum Gasteiger partial charge on any atom is 0.256 e. The fourth-order valence-corrected chi connectivity index (χ4v) is 2.78. The van der Waals surface area contributed by atoms with Gasteiger partial charge in [0, 0.05) is 25.2 Å². The first kappa shape index (κ1) is 14.5. The second-order valence-corrected chi connectivity index (χ2v) is 6.03. The van der Waals surface area contributed by atoms with Crippen molar-refractivity contribution >= 4 is 21.8 Å². The molecule has 0 saturated carbocycles. The molecule has 104 valence electrons. The van der Waals surface area contributed by atoms with Crippen LogP contribution in [-0.4, -0.2) is 47.9 Å². The molecule has 1 aliphatic rings. The molecular weight excluding hydrogens is 311 g/mol. The Morgan fingerprint density at radius 1 is 1.32 bits per heavy atom. The lowest BCUT2D eigenvalue weighted by atomic mass is 10.1. The summed E-state index contributed by atoms with van der Waals surface area (Å²) in [5.74, 6) is -0.711. The van der Waals surface area contributed by atoms with Gasteiger partial charge in [-0.2, -0.15) is 0 Å². The van der Waals surface area contributed by atoms with E-state index in [1.807, 2.05) is 0 Å². The normalized spacial score (nSPS) is 24.6. The van der Waals surface area contributed by atoms with Crippen molar-refractivity contribution in [2.75, 3.05) is 20.1 Å². The number of carbonyl (C=O) groups is 1. The van der Waals surface area contributed by atoms with Gasteiger partial charge in [0.25, 0.3) is 5.91 Å². The predicted molar refractivity (Wildman–Crippen MR) is 76.7 cm³/mol. The van der Waals surface area contributed by atoms with Crippen molar-refractivity contribution in [3.63, 3.8) is 0 Å².